The topological polar surface area (TPSA) is 82.3 Å². The summed E-state index contributed by atoms with van der Waals surface area (Å²) in [6.45, 7) is 1.53. The summed E-state index contributed by atoms with van der Waals surface area (Å²) < 4.78 is 0. The van der Waals surface area contributed by atoms with Crippen LogP contribution < -0.4 is 10.9 Å². The molecule has 2 amide bonds. The zero-order valence-corrected chi connectivity index (χ0v) is 18.5. The van der Waals surface area contributed by atoms with Crippen LogP contribution in [0.1, 0.15) is 57.5 Å². The number of nitrogens with zero attached hydrogens (tertiary/aromatic N) is 1. The first-order chi connectivity index (χ1) is 16.0. The summed E-state index contributed by atoms with van der Waals surface area (Å²) in [5, 5.41) is 2.80. The van der Waals surface area contributed by atoms with Crippen molar-refractivity contribution in [3.8, 4) is 0 Å². The predicted octanol–water partition coefficient (Wildman–Crippen LogP) is 4.14. The van der Waals surface area contributed by atoms with Gasteiger partial charge in [0.25, 0.3) is 11.8 Å². The lowest BCUT2D eigenvalue weighted by molar-refractivity contribution is 0.0617. The number of H-pyrrole nitrogens is 1. The van der Waals surface area contributed by atoms with Crippen LogP contribution in [-0.2, 0) is 11.8 Å². The van der Waals surface area contributed by atoms with E-state index < -0.39 is 0 Å². The van der Waals surface area contributed by atoms with Gasteiger partial charge in [0, 0.05) is 42.0 Å². The Labute approximate surface area is 192 Å². The van der Waals surface area contributed by atoms with Crippen molar-refractivity contribution in [3.63, 3.8) is 0 Å². The van der Waals surface area contributed by atoms with Gasteiger partial charge >= 0.3 is 0 Å². The number of likely N-dealkylation sites (tertiary alicyclic amines) is 1. The van der Waals surface area contributed by atoms with Crippen LogP contribution in [0.25, 0.3) is 0 Å². The number of anilines is 1. The lowest BCUT2D eigenvalue weighted by Crippen LogP contribution is -2.49. The number of benzene rings is 2. The number of nitrogens with one attached hydrogen (secondary N) is 2. The Balaban J connectivity index is 1.29. The van der Waals surface area contributed by atoms with Crippen molar-refractivity contribution in [3.05, 3.63) is 99.5 Å². The molecule has 1 saturated heterocycles. The van der Waals surface area contributed by atoms with E-state index in [2.05, 4.69) is 34.6 Å². The predicted molar refractivity (Wildman–Crippen MR) is 128 cm³/mol. The zero-order chi connectivity index (χ0) is 22.8. The van der Waals surface area contributed by atoms with E-state index in [-0.39, 0.29) is 22.8 Å². The summed E-state index contributed by atoms with van der Waals surface area (Å²) in [5.41, 5.74) is 4.24. The van der Waals surface area contributed by atoms with Gasteiger partial charge in [0.1, 0.15) is 0 Å². The fourth-order valence-electron chi connectivity index (χ4n) is 5.37. The van der Waals surface area contributed by atoms with Gasteiger partial charge in [-0.05, 0) is 73.6 Å². The third kappa shape index (κ3) is 4.21. The summed E-state index contributed by atoms with van der Waals surface area (Å²) in [4.78, 5) is 41.3. The number of aryl methyl sites for hydroxylation is 1. The lowest BCUT2D eigenvalue weighted by Gasteiger charge is -2.46. The molecule has 1 unspecified atom stereocenters. The number of carbonyl (C=O) groups excluding carboxylic acids is 2. The van der Waals surface area contributed by atoms with Gasteiger partial charge in [0.15, 0.2) is 0 Å². The summed E-state index contributed by atoms with van der Waals surface area (Å²) in [7, 11) is 0. The smallest absolute Gasteiger partial charge is 0.257 e. The molecule has 0 bridgehead atoms. The molecule has 0 radical (unpaired) electrons. The highest BCUT2D eigenvalue weighted by Crippen LogP contribution is 2.43. The van der Waals surface area contributed by atoms with Gasteiger partial charge in [-0.25, -0.2) is 0 Å². The van der Waals surface area contributed by atoms with Crippen molar-refractivity contribution in [2.24, 2.45) is 0 Å². The maximum atomic E-state index is 13.3. The largest absolute Gasteiger partial charge is 0.338 e. The molecule has 6 nitrogen and oxygen atoms in total. The van der Waals surface area contributed by atoms with E-state index in [1.165, 1.54) is 35.9 Å². The number of hydrogen-bond acceptors (Lipinski definition) is 3. The quantitative estimate of drug-likeness (QED) is 0.641. The van der Waals surface area contributed by atoms with Gasteiger partial charge in [-0.3, -0.25) is 14.4 Å². The minimum absolute atomic E-state index is 0.0376. The first kappa shape index (κ1) is 21.2. The summed E-state index contributed by atoms with van der Waals surface area (Å²) in [5.74, 6) is -0.282. The lowest BCUT2D eigenvalue weighted by atomic mass is 9.66. The van der Waals surface area contributed by atoms with Crippen LogP contribution in [0.3, 0.4) is 0 Å². The van der Waals surface area contributed by atoms with E-state index >= 15 is 0 Å². The number of aromatic nitrogens is 1. The van der Waals surface area contributed by atoms with Crippen molar-refractivity contribution < 1.29 is 9.59 Å². The maximum absolute atomic E-state index is 13.3. The fraction of sp³-hybridized carbons (Fsp3) is 0.296. The molecule has 33 heavy (non-hydrogen) atoms. The number of pyridine rings is 1. The summed E-state index contributed by atoms with van der Waals surface area (Å²) >= 11 is 0. The molecule has 1 spiro atoms. The first-order valence-corrected chi connectivity index (χ1v) is 11.5. The van der Waals surface area contributed by atoms with Crippen LogP contribution in [0.2, 0.25) is 0 Å². The number of hydrogen-bond donors (Lipinski definition) is 2. The third-order valence-corrected chi connectivity index (χ3v) is 6.99. The number of rotatable bonds is 3. The van der Waals surface area contributed by atoms with Crippen LogP contribution in [0.5, 0.6) is 0 Å². The van der Waals surface area contributed by atoms with Gasteiger partial charge in [0.2, 0.25) is 5.56 Å². The second-order valence-electron chi connectivity index (χ2n) is 9.09. The monoisotopic (exact) mass is 441 g/mol. The highest BCUT2D eigenvalue weighted by Gasteiger charge is 2.41. The molecule has 2 aliphatic rings. The molecule has 2 aromatic carbocycles. The van der Waals surface area contributed by atoms with E-state index in [1.54, 1.807) is 24.3 Å². The fourth-order valence-corrected chi connectivity index (χ4v) is 5.37. The highest BCUT2D eigenvalue weighted by molar-refractivity contribution is 6.04. The molecule has 168 valence electrons. The average molecular weight is 442 g/mol. The van der Waals surface area contributed by atoms with Crippen LogP contribution >= 0.6 is 0 Å². The summed E-state index contributed by atoms with van der Waals surface area (Å²) in [6.07, 6.45) is 6.94. The third-order valence-electron chi connectivity index (χ3n) is 6.99. The van der Waals surface area contributed by atoms with Crippen LogP contribution in [0, 0.1) is 0 Å². The highest BCUT2D eigenvalue weighted by atomic mass is 16.2. The minimum Gasteiger partial charge on any atom is -0.338 e. The minimum atomic E-state index is -0.320. The number of carbonyl (C=O) groups is 2. The van der Waals surface area contributed by atoms with Crippen molar-refractivity contribution >= 4 is 17.5 Å². The second kappa shape index (κ2) is 8.70. The Kier molecular flexibility index (Phi) is 5.58. The molecule has 3 aromatic rings. The van der Waals surface area contributed by atoms with E-state index in [4.69, 9.17) is 0 Å². The molecular weight excluding hydrogens is 414 g/mol. The molecule has 1 fully saturated rings. The zero-order valence-electron chi connectivity index (χ0n) is 18.5. The van der Waals surface area contributed by atoms with Gasteiger partial charge in [-0.15, -0.1) is 0 Å². The molecule has 6 heteroatoms. The van der Waals surface area contributed by atoms with E-state index in [1.807, 2.05) is 4.90 Å². The summed E-state index contributed by atoms with van der Waals surface area (Å²) in [6, 6.07) is 18.5. The first-order valence-electron chi connectivity index (χ1n) is 11.5. The van der Waals surface area contributed by atoms with Gasteiger partial charge in [-0.2, -0.15) is 0 Å². The molecule has 5 rings (SSSR count). The SMILES string of the molecule is O=C(Nc1ccc(C(=O)N2CCCC3(CCCc4ccccc43)C2)cc1)c1ccc(=O)[nH]c1. The number of amides is 2. The molecule has 2 heterocycles. The molecule has 1 aromatic heterocycles. The Bertz CT molecular complexity index is 1230. The van der Waals surface area contributed by atoms with Crippen LogP contribution in [0.15, 0.2) is 71.7 Å². The molecule has 0 saturated carbocycles. The molecule has 1 aliphatic heterocycles. The Morgan fingerprint density at radius 3 is 2.45 bits per heavy atom. The molecule has 1 aliphatic carbocycles. The van der Waals surface area contributed by atoms with E-state index in [0.717, 1.165) is 38.8 Å². The van der Waals surface area contributed by atoms with Crippen LogP contribution in [0.4, 0.5) is 5.69 Å². The van der Waals surface area contributed by atoms with Crippen molar-refractivity contribution in [1.29, 1.82) is 0 Å². The number of fused-ring (bicyclic) bond motifs is 2. The second-order valence-corrected chi connectivity index (χ2v) is 9.09. The van der Waals surface area contributed by atoms with Crippen molar-refractivity contribution in [2.75, 3.05) is 18.4 Å². The molecular formula is C27H27N3O3. The van der Waals surface area contributed by atoms with Gasteiger partial charge in [-0.1, -0.05) is 24.3 Å². The van der Waals surface area contributed by atoms with Crippen molar-refractivity contribution in [2.45, 2.75) is 37.5 Å². The maximum Gasteiger partial charge on any atom is 0.257 e. The van der Waals surface area contributed by atoms with E-state index in [0.29, 0.717) is 16.8 Å². The Morgan fingerprint density at radius 1 is 0.909 bits per heavy atom. The van der Waals surface area contributed by atoms with Crippen LogP contribution in [-0.4, -0.2) is 34.8 Å². The average Bonchev–Trinajstić information content (AvgIpc) is 2.85. The van der Waals surface area contributed by atoms with Crippen molar-refractivity contribution in [1.82, 2.24) is 9.88 Å². The Hall–Kier alpha value is -3.67. The number of piperidine rings is 1. The van der Waals surface area contributed by atoms with Gasteiger partial charge in [0.05, 0.1) is 5.56 Å². The molecule has 2 N–H and O–H groups in total. The standard InChI is InChI=1S/C27H27N3O3/c31-24-13-10-21(17-28-24)25(32)29-22-11-8-20(9-12-22)26(33)30-16-4-15-27(18-30)14-3-6-19-5-1-2-7-23(19)27/h1-2,5,7-13,17H,3-4,6,14-16,18H2,(H,28,31)(H,29,32). The molecule has 1 atom stereocenters. The normalized spacial score (nSPS) is 19.7. The Morgan fingerprint density at radius 2 is 1.67 bits per heavy atom. The van der Waals surface area contributed by atoms with Gasteiger partial charge < -0.3 is 15.2 Å². The number of aromatic amines is 1. The van der Waals surface area contributed by atoms with E-state index in [9.17, 15) is 14.4 Å².